The third kappa shape index (κ3) is 6.07. The Morgan fingerprint density at radius 1 is 1.13 bits per heavy atom. The number of carbonyl (C=O) groups excluding carboxylic acids is 2. The minimum Gasteiger partial charge on any atom is -0.493 e. The number of para-hydroxylation sites is 1. The highest BCUT2D eigenvalue weighted by atomic mass is 16.6. The number of nitrogen functional groups attached to an aromatic ring is 1. The summed E-state index contributed by atoms with van der Waals surface area (Å²) in [7, 11) is 1.45. The van der Waals surface area contributed by atoms with Crippen LogP contribution in [0.15, 0.2) is 58.3 Å². The first-order chi connectivity index (χ1) is 19.0. The highest BCUT2D eigenvalue weighted by Gasteiger charge is 2.25. The Morgan fingerprint density at radius 2 is 1.90 bits per heavy atom. The topological polar surface area (TPSA) is 176 Å². The zero-order valence-corrected chi connectivity index (χ0v) is 21.6. The predicted molar refractivity (Wildman–Crippen MR) is 140 cm³/mol. The van der Waals surface area contributed by atoms with Gasteiger partial charge in [0.2, 0.25) is 11.6 Å². The number of anilines is 1. The highest BCUT2D eigenvalue weighted by Crippen LogP contribution is 2.31. The number of hydrazone groups is 1. The fourth-order valence-corrected chi connectivity index (χ4v) is 3.63. The summed E-state index contributed by atoms with van der Waals surface area (Å²) in [6.45, 7) is 5.74. The second-order valence-electron chi connectivity index (χ2n) is 8.06. The number of nitrogens with two attached hydrogens (primary N) is 1. The van der Waals surface area contributed by atoms with E-state index in [1.165, 1.54) is 18.0 Å². The molecule has 0 spiro atoms. The van der Waals surface area contributed by atoms with Gasteiger partial charge >= 0.3 is 5.97 Å². The number of methoxy groups -OCH3 is 1. The van der Waals surface area contributed by atoms with Gasteiger partial charge in [0, 0.05) is 12.1 Å². The number of nitrogens with zero attached hydrogens (tertiary/aromatic N) is 7. The quantitative estimate of drug-likeness (QED) is 0.125. The van der Waals surface area contributed by atoms with Crippen molar-refractivity contribution in [1.29, 1.82) is 0 Å². The van der Waals surface area contributed by atoms with Crippen molar-refractivity contribution in [1.82, 2.24) is 35.6 Å². The number of amides is 1. The van der Waals surface area contributed by atoms with Gasteiger partial charge < -0.3 is 15.2 Å². The third-order valence-electron chi connectivity index (χ3n) is 5.75. The average Bonchev–Trinajstić information content (AvgIpc) is 3.58. The van der Waals surface area contributed by atoms with Crippen LogP contribution in [-0.2, 0) is 6.54 Å². The molecule has 39 heavy (non-hydrogen) atoms. The standard InChI is InChI=1S/C25H27N9O5/c1-4-33(5-2)15-18-20(28-32-34(18)23-22(26)30-39-31-23)24(35)29-27-14-17-12-9-13-19(37-3)21(17)38-25(36)16-10-7-6-8-11-16/h6-14H,4-5,15H2,1-3H3,(H2,26,30)(H,29,35)/b27-14+. The first-order valence-electron chi connectivity index (χ1n) is 12.0. The van der Waals surface area contributed by atoms with Crippen LogP contribution in [-0.4, -0.2) is 68.5 Å². The van der Waals surface area contributed by atoms with Crippen molar-refractivity contribution in [2.24, 2.45) is 5.10 Å². The molecule has 3 N–H and O–H groups in total. The second kappa shape index (κ2) is 12.4. The molecule has 2 heterocycles. The molecule has 14 heteroatoms. The first kappa shape index (κ1) is 26.9. The Morgan fingerprint density at radius 3 is 2.56 bits per heavy atom. The van der Waals surface area contributed by atoms with Crippen molar-refractivity contribution in [3.05, 3.63) is 71.0 Å². The Labute approximate surface area is 223 Å². The summed E-state index contributed by atoms with van der Waals surface area (Å²) in [5, 5.41) is 19.5. The monoisotopic (exact) mass is 533 g/mol. The van der Waals surface area contributed by atoms with Gasteiger partial charge in [0.05, 0.1) is 24.6 Å². The van der Waals surface area contributed by atoms with E-state index in [1.54, 1.807) is 48.5 Å². The molecular weight excluding hydrogens is 506 g/mol. The van der Waals surface area contributed by atoms with Crippen molar-refractivity contribution in [2.45, 2.75) is 20.4 Å². The van der Waals surface area contributed by atoms with E-state index in [0.29, 0.717) is 42.2 Å². The molecule has 0 saturated heterocycles. The summed E-state index contributed by atoms with van der Waals surface area (Å²) in [6.07, 6.45) is 1.34. The van der Waals surface area contributed by atoms with Crippen molar-refractivity contribution >= 4 is 23.9 Å². The minimum atomic E-state index is -0.625. The predicted octanol–water partition coefficient (Wildman–Crippen LogP) is 2.07. The molecule has 0 bridgehead atoms. The van der Waals surface area contributed by atoms with Gasteiger partial charge in [0.1, 0.15) is 0 Å². The summed E-state index contributed by atoms with van der Waals surface area (Å²) in [5.74, 6) is -0.611. The largest absolute Gasteiger partial charge is 0.493 e. The molecule has 0 radical (unpaired) electrons. The van der Waals surface area contributed by atoms with Gasteiger partial charge in [-0.2, -0.15) is 9.78 Å². The Kier molecular flexibility index (Phi) is 8.58. The van der Waals surface area contributed by atoms with Gasteiger partial charge in [-0.25, -0.2) is 14.8 Å². The molecular formula is C25H27N9O5. The lowest BCUT2D eigenvalue weighted by molar-refractivity contribution is 0.0729. The molecule has 0 saturated carbocycles. The van der Waals surface area contributed by atoms with Crippen molar-refractivity contribution in [2.75, 3.05) is 25.9 Å². The van der Waals surface area contributed by atoms with Crippen molar-refractivity contribution in [3.8, 4) is 17.3 Å². The van der Waals surface area contributed by atoms with Crippen LogP contribution in [0.4, 0.5) is 5.82 Å². The van der Waals surface area contributed by atoms with E-state index in [4.69, 9.17) is 15.2 Å². The number of ether oxygens (including phenoxy) is 2. The molecule has 0 atom stereocenters. The van der Waals surface area contributed by atoms with Crippen LogP contribution in [0.5, 0.6) is 11.5 Å². The molecule has 0 fully saturated rings. The molecule has 0 aliphatic carbocycles. The minimum absolute atomic E-state index is 0.00119. The smallest absolute Gasteiger partial charge is 0.343 e. The van der Waals surface area contributed by atoms with Crippen LogP contribution in [0.3, 0.4) is 0 Å². The van der Waals surface area contributed by atoms with E-state index in [-0.39, 0.29) is 23.1 Å². The second-order valence-corrected chi connectivity index (χ2v) is 8.06. The van der Waals surface area contributed by atoms with Crippen LogP contribution in [0.2, 0.25) is 0 Å². The molecule has 14 nitrogen and oxygen atoms in total. The van der Waals surface area contributed by atoms with E-state index in [9.17, 15) is 9.59 Å². The maximum atomic E-state index is 13.1. The molecule has 4 aromatic rings. The van der Waals surface area contributed by atoms with Crippen molar-refractivity contribution in [3.63, 3.8) is 0 Å². The molecule has 0 aliphatic rings. The number of esters is 1. The number of hydrogen-bond donors (Lipinski definition) is 2. The summed E-state index contributed by atoms with van der Waals surface area (Å²) in [6, 6.07) is 13.5. The van der Waals surface area contributed by atoms with Gasteiger partial charge in [-0.1, -0.05) is 43.3 Å². The summed E-state index contributed by atoms with van der Waals surface area (Å²) in [5.41, 5.74) is 9.48. The number of nitrogens with one attached hydrogen (secondary N) is 1. The van der Waals surface area contributed by atoms with Gasteiger partial charge in [-0.05, 0) is 47.7 Å². The first-order valence-corrected chi connectivity index (χ1v) is 12.0. The molecule has 202 valence electrons. The van der Waals surface area contributed by atoms with Gasteiger partial charge in [0.15, 0.2) is 17.2 Å². The Balaban J connectivity index is 1.58. The van der Waals surface area contributed by atoms with E-state index in [1.807, 2.05) is 13.8 Å². The van der Waals surface area contributed by atoms with Crippen LogP contribution >= 0.6 is 0 Å². The van der Waals surface area contributed by atoms with E-state index < -0.39 is 11.9 Å². The fraction of sp³-hybridized carbons (Fsp3) is 0.240. The molecule has 4 rings (SSSR count). The summed E-state index contributed by atoms with van der Waals surface area (Å²) in [4.78, 5) is 27.8. The molecule has 2 aromatic carbocycles. The van der Waals surface area contributed by atoms with Crippen molar-refractivity contribution < 1.29 is 23.7 Å². The Bertz CT molecular complexity index is 1460. The number of aromatic nitrogens is 5. The third-order valence-corrected chi connectivity index (χ3v) is 5.75. The maximum Gasteiger partial charge on any atom is 0.343 e. The molecule has 2 aromatic heterocycles. The van der Waals surface area contributed by atoms with Crippen LogP contribution in [0.25, 0.3) is 5.82 Å². The lowest BCUT2D eigenvalue weighted by Gasteiger charge is -2.18. The van der Waals surface area contributed by atoms with Gasteiger partial charge in [0.25, 0.3) is 5.91 Å². The number of hydrogen-bond acceptors (Lipinski definition) is 12. The number of rotatable bonds is 11. The maximum absolute atomic E-state index is 13.1. The SMILES string of the molecule is CCN(CC)Cc1c(C(=O)N/N=C/c2cccc(OC)c2OC(=O)c2ccccc2)nnn1-c1nonc1N. The zero-order chi connectivity index (χ0) is 27.8. The summed E-state index contributed by atoms with van der Waals surface area (Å²) >= 11 is 0. The summed E-state index contributed by atoms with van der Waals surface area (Å²) < 4.78 is 17.0. The normalized spacial score (nSPS) is 11.2. The Hall–Kier alpha value is -5.11. The van der Waals surface area contributed by atoms with Gasteiger partial charge in [-0.15, -0.1) is 5.10 Å². The van der Waals surface area contributed by atoms with Crippen LogP contribution in [0, 0.1) is 0 Å². The van der Waals surface area contributed by atoms with Crippen LogP contribution in [0.1, 0.15) is 46.0 Å². The van der Waals surface area contributed by atoms with E-state index in [2.05, 4.69) is 40.7 Å². The van der Waals surface area contributed by atoms with Gasteiger partial charge in [-0.3, -0.25) is 9.69 Å². The zero-order valence-electron chi connectivity index (χ0n) is 21.6. The molecule has 1 amide bonds. The van der Waals surface area contributed by atoms with E-state index >= 15 is 0 Å². The van der Waals surface area contributed by atoms with Crippen LogP contribution < -0.4 is 20.6 Å². The highest BCUT2D eigenvalue weighted by molar-refractivity contribution is 5.96. The lowest BCUT2D eigenvalue weighted by atomic mass is 10.2. The molecule has 0 aliphatic heterocycles. The molecule has 0 unspecified atom stereocenters. The lowest BCUT2D eigenvalue weighted by Crippen LogP contribution is -2.27. The average molecular weight is 534 g/mol. The number of carbonyl (C=O) groups is 2. The fourth-order valence-electron chi connectivity index (χ4n) is 3.63. The van der Waals surface area contributed by atoms with E-state index in [0.717, 1.165) is 0 Å². The number of benzene rings is 2.